The second-order valence-electron chi connectivity index (χ2n) is 5.97. The van der Waals surface area contributed by atoms with Crippen molar-refractivity contribution in [1.82, 2.24) is 19.6 Å². The number of hydrogen-bond donors (Lipinski definition) is 1. The Hall–Kier alpha value is -2.46. The number of carbonyl (C=O) groups excluding carboxylic acids is 2. The smallest absolute Gasteiger partial charge is 0.341 e. The molecule has 0 aliphatic rings. The molecule has 3 aromatic heterocycles. The van der Waals surface area contributed by atoms with Crippen LogP contribution in [0.25, 0.3) is 5.78 Å². The molecule has 8 nitrogen and oxygen atoms in total. The Bertz CT molecular complexity index is 1040. The summed E-state index contributed by atoms with van der Waals surface area (Å²) in [6.07, 6.45) is 0. The van der Waals surface area contributed by atoms with Gasteiger partial charge in [0.1, 0.15) is 5.00 Å². The van der Waals surface area contributed by atoms with Gasteiger partial charge in [-0.2, -0.15) is 0 Å². The predicted octanol–water partition coefficient (Wildman–Crippen LogP) is 2.94. The fourth-order valence-corrected chi connectivity index (χ4v) is 4.50. The average molecular weight is 406 g/mol. The van der Waals surface area contributed by atoms with E-state index in [9.17, 15) is 9.59 Å². The first kappa shape index (κ1) is 19.3. The zero-order valence-electron chi connectivity index (χ0n) is 15.6. The van der Waals surface area contributed by atoms with Crippen LogP contribution in [0.3, 0.4) is 0 Å². The number of methoxy groups -OCH3 is 1. The standard InChI is InChI=1S/C17H19N5O3S2/c1-8-6-9(2)22-16(18-8)20-21-17(22)26-7-12(23)19-14-13(15(24)25-5)10(3)11(4)27-14/h6H,7H2,1-5H3,(H,19,23). The molecular formula is C17H19N5O3S2. The summed E-state index contributed by atoms with van der Waals surface area (Å²) in [6, 6.07) is 1.93. The number of esters is 1. The summed E-state index contributed by atoms with van der Waals surface area (Å²) in [7, 11) is 1.32. The van der Waals surface area contributed by atoms with Gasteiger partial charge in [-0.25, -0.2) is 9.78 Å². The van der Waals surface area contributed by atoms with E-state index >= 15 is 0 Å². The van der Waals surface area contributed by atoms with Crippen LogP contribution in [0.1, 0.15) is 32.2 Å². The lowest BCUT2D eigenvalue weighted by Gasteiger charge is -2.06. The topological polar surface area (TPSA) is 98.5 Å². The quantitative estimate of drug-likeness (QED) is 0.515. The zero-order chi connectivity index (χ0) is 19.7. The number of aryl methyl sites for hydroxylation is 3. The summed E-state index contributed by atoms with van der Waals surface area (Å²) in [4.78, 5) is 29.7. The summed E-state index contributed by atoms with van der Waals surface area (Å²) >= 11 is 2.62. The molecule has 0 spiro atoms. The van der Waals surface area contributed by atoms with Crippen LogP contribution in [0.15, 0.2) is 11.2 Å². The molecule has 10 heteroatoms. The molecule has 0 aromatic carbocycles. The number of fused-ring (bicyclic) bond motifs is 1. The summed E-state index contributed by atoms with van der Waals surface area (Å²) in [6.45, 7) is 7.57. The molecule has 3 heterocycles. The van der Waals surface area contributed by atoms with Crippen molar-refractivity contribution in [2.24, 2.45) is 0 Å². The molecule has 3 aromatic rings. The monoisotopic (exact) mass is 405 g/mol. The number of thioether (sulfide) groups is 1. The van der Waals surface area contributed by atoms with Gasteiger partial charge < -0.3 is 10.1 Å². The normalized spacial score (nSPS) is 11.0. The van der Waals surface area contributed by atoms with Gasteiger partial charge in [-0.05, 0) is 39.3 Å². The number of anilines is 1. The Balaban J connectivity index is 1.75. The molecule has 1 N–H and O–H groups in total. The van der Waals surface area contributed by atoms with E-state index in [0.29, 0.717) is 21.5 Å². The minimum Gasteiger partial charge on any atom is -0.465 e. The van der Waals surface area contributed by atoms with Gasteiger partial charge in [-0.1, -0.05) is 11.8 Å². The van der Waals surface area contributed by atoms with Gasteiger partial charge in [0.15, 0.2) is 5.16 Å². The minimum absolute atomic E-state index is 0.130. The highest BCUT2D eigenvalue weighted by molar-refractivity contribution is 7.99. The number of ether oxygens (including phenoxy) is 1. The molecule has 0 saturated heterocycles. The third kappa shape index (κ3) is 3.81. The van der Waals surface area contributed by atoms with Crippen LogP contribution in [-0.4, -0.2) is 44.3 Å². The number of thiophene rings is 1. The molecule has 0 atom stereocenters. The predicted molar refractivity (Wildman–Crippen MR) is 105 cm³/mol. The largest absolute Gasteiger partial charge is 0.465 e. The fraction of sp³-hybridized carbons (Fsp3) is 0.353. The summed E-state index contributed by atoms with van der Waals surface area (Å²) in [5.74, 6) is -0.0563. The van der Waals surface area contributed by atoms with E-state index in [1.807, 2.05) is 38.2 Å². The van der Waals surface area contributed by atoms with Crippen LogP contribution in [0.5, 0.6) is 0 Å². The zero-order valence-corrected chi connectivity index (χ0v) is 17.2. The van der Waals surface area contributed by atoms with E-state index in [0.717, 1.165) is 21.8 Å². The van der Waals surface area contributed by atoms with Gasteiger partial charge in [-0.3, -0.25) is 9.20 Å². The Kier molecular flexibility index (Phi) is 5.47. The molecule has 27 heavy (non-hydrogen) atoms. The van der Waals surface area contributed by atoms with Crippen molar-refractivity contribution < 1.29 is 14.3 Å². The van der Waals surface area contributed by atoms with E-state index in [1.54, 1.807) is 0 Å². The van der Waals surface area contributed by atoms with Crippen molar-refractivity contribution in [3.8, 4) is 0 Å². The van der Waals surface area contributed by atoms with Gasteiger partial charge in [0.05, 0.1) is 18.4 Å². The highest BCUT2D eigenvalue weighted by Crippen LogP contribution is 2.33. The highest BCUT2D eigenvalue weighted by Gasteiger charge is 2.22. The Morgan fingerprint density at radius 3 is 2.70 bits per heavy atom. The first-order valence-corrected chi connectivity index (χ1v) is 9.92. The van der Waals surface area contributed by atoms with Crippen LogP contribution in [0.4, 0.5) is 5.00 Å². The Morgan fingerprint density at radius 1 is 1.26 bits per heavy atom. The van der Waals surface area contributed by atoms with Crippen LogP contribution >= 0.6 is 23.1 Å². The van der Waals surface area contributed by atoms with Crippen molar-refractivity contribution >= 4 is 45.8 Å². The average Bonchev–Trinajstić information content (AvgIpc) is 3.13. The molecule has 0 fully saturated rings. The van der Waals surface area contributed by atoms with E-state index < -0.39 is 5.97 Å². The van der Waals surface area contributed by atoms with E-state index in [1.165, 1.54) is 30.2 Å². The number of rotatable bonds is 5. The van der Waals surface area contributed by atoms with E-state index in [4.69, 9.17) is 4.74 Å². The Morgan fingerprint density at radius 2 is 2.00 bits per heavy atom. The molecule has 142 valence electrons. The van der Waals surface area contributed by atoms with Crippen LogP contribution in [0, 0.1) is 27.7 Å². The molecule has 1 amide bonds. The SMILES string of the molecule is COC(=O)c1c(NC(=O)CSc2nnc3nc(C)cc(C)n23)sc(C)c1C. The van der Waals surface area contributed by atoms with Crippen molar-refractivity contribution in [3.05, 3.63) is 33.5 Å². The molecule has 0 unspecified atom stereocenters. The van der Waals surface area contributed by atoms with Gasteiger partial charge in [0.25, 0.3) is 5.78 Å². The summed E-state index contributed by atoms with van der Waals surface area (Å²) in [5.41, 5.74) is 3.03. The molecule has 0 aliphatic carbocycles. The highest BCUT2D eigenvalue weighted by atomic mass is 32.2. The number of hydrogen-bond acceptors (Lipinski definition) is 8. The van der Waals surface area contributed by atoms with Crippen molar-refractivity contribution in [3.63, 3.8) is 0 Å². The summed E-state index contributed by atoms with van der Waals surface area (Å²) in [5, 5.41) is 12.1. The minimum atomic E-state index is -0.458. The van der Waals surface area contributed by atoms with Crippen LogP contribution in [-0.2, 0) is 9.53 Å². The first-order chi connectivity index (χ1) is 12.8. The van der Waals surface area contributed by atoms with Gasteiger partial charge in [-0.15, -0.1) is 21.5 Å². The number of nitrogens with zero attached hydrogens (tertiary/aromatic N) is 4. The number of carbonyl (C=O) groups is 2. The van der Waals surface area contributed by atoms with Gasteiger partial charge in [0.2, 0.25) is 5.91 Å². The lowest BCUT2D eigenvalue weighted by Crippen LogP contribution is -2.16. The third-order valence-corrected chi connectivity index (χ3v) is 6.07. The maximum atomic E-state index is 12.4. The van der Waals surface area contributed by atoms with E-state index in [2.05, 4.69) is 20.5 Å². The molecule has 0 saturated carbocycles. The second kappa shape index (κ2) is 7.65. The molecule has 0 aliphatic heterocycles. The summed E-state index contributed by atoms with van der Waals surface area (Å²) < 4.78 is 6.63. The molecule has 3 rings (SSSR count). The second-order valence-corrected chi connectivity index (χ2v) is 8.14. The molecule has 0 radical (unpaired) electrons. The Labute approximate surface area is 164 Å². The third-order valence-electron chi connectivity index (χ3n) is 4.02. The molecule has 0 bridgehead atoms. The maximum Gasteiger partial charge on any atom is 0.341 e. The van der Waals surface area contributed by atoms with Crippen LogP contribution < -0.4 is 5.32 Å². The van der Waals surface area contributed by atoms with Crippen molar-refractivity contribution in [2.75, 3.05) is 18.2 Å². The van der Waals surface area contributed by atoms with E-state index in [-0.39, 0.29) is 11.7 Å². The lowest BCUT2D eigenvalue weighted by molar-refractivity contribution is -0.113. The first-order valence-electron chi connectivity index (χ1n) is 8.12. The van der Waals surface area contributed by atoms with Gasteiger partial charge >= 0.3 is 5.97 Å². The number of aromatic nitrogens is 4. The number of nitrogens with one attached hydrogen (secondary N) is 1. The lowest BCUT2D eigenvalue weighted by atomic mass is 10.1. The van der Waals surface area contributed by atoms with Gasteiger partial charge in [0, 0.05) is 16.3 Å². The molecular weight excluding hydrogens is 386 g/mol. The fourth-order valence-electron chi connectivity index (χ4n) is 2.65. The van der Waals surface area contributed by atoms with Crippen LogP contribution in [0.2, 0.25) is 0 Å². The number of amides is 1. The van der Waals surface area contributed by atoms with Crippen molar-refractivity contribution in [1.29, 1.82) is 0 Å². The van der Waals surface area contributed by atoms with Crippen molar-refractivity contribution in [2.45, 2.75) is 32.9 Å². The maximum absolute atomic E-state index is 12.4.